The number of carbonyl (C=O) groups is 1. The lowest BCUT2D eigenvalue weighted by atomic mass is 9.80. The molecule has 4 rings (SSSR count). The molecule has 0 aromatic carbocycles. The number of ether oxygens (including phenoxy) is 1. The zero-order chi connectivity index (χ0) is 21.8. The fraction of sp³-hybridized carbons (Fsp3) is 0.833. The van der Waals surface area contributed by atoms with Crippen LogP contribution in [-0.2, 0) is 16.1 Å². The first-order valence-electron chi connectivity index (χ1n) is 12.1. The Morgan fingerprint density at radius 3 is 2.81 bits per heavy atom. The van der Waals surface area contributed by atoms with E-state index in [1.54, 1.807) is 6.33 Å². The standard InChI is InChI=1S/C24H40N4O3/c1-24(2)16-31-9-3-4-20-13-27(14-21-11-25-17-26-21)8-7-19(20)10-23(30)28(15-22(24)29)12-18-5-6-18/h11,17-20,22,29H,3-10,12-16H2,1-2H3,(H,25,26)/t19-,20-,22-/m0/s1. The summed E-state index contributed by atoms with van der Waals surface area (Å²) in [7, 11) is 0. The highest BCUT2D eigenvalue weighted by Crippen LogP contribution is 2.34. The van der Waals surface area contributed by atoms with Crippen molar-refractivity contribution < 1.29 is 14.6 Å². The van der Waals surface area contributed by atoms with Gasteiger partial charge in [-0.05, 0) is 56.4 Å². The number of aromatic amines is 1. The van der Waals surface area contributed by atoms with Crippen LogP contribution in [0.15, 0.2) is 12.5 Å². The molecular weight excluding hydrogens is 392 g/mol. The van der Waals surface area contributed by atoms with Crippen LogP contribution in [0.25, 0.3) is 0 Å². The van der Waals surface area contributed by atoms with Gasteiger partial charge in [0, 0.05) is 56.5 Å². The predicted molar refractivity (Wildman–Crippen MR) is 119 cm³/mol. The van der Waals surface area contributed by atoms with Crippen molar-refractivity contribution in [3.63, 3.8) is 0 Å². The van der Waals surface area contributed by atoms with E-state index in [1.807, 2.05) is 24.9 Å². The van der Waals surface area contributed by atoms with Gasteiger partial charge in [0.1, 0.15) is 0 Å². The number of imidazole rings is 1. The maximum Gasteiger partial charge on any atom is 0.222 e. The molecule has 0 unspecified atom stereocenters. The summed E-state index contributed by atoms with van der Waals surface area (Å²) < 4.78 is 5.99. The summed E-state index contributed by atoms with van der Waals surface area (Å²) in [6.07, 6.45) is 9.25. The van der Waals surface area contributed by atoms with E-state index in [0.29, 0.717) is 37.3 Å². The SMILES string of the molecule is CC1(C)COCCC[C@H]2CN(Cc3cnc[nH]3)CC[C@H]2CC(=O)N(CC2CC2)C[C@@H]1O. The Morgan fingerprint density at radius 1 is 1.23 bits per heavy atom. The second-order valence-corrected chi connectivity index (χ2v) is 10.8. The van der Waals surface area contributed by atoms with Gasteiger partial charge in [-0.15, -0.1) is 0 Å². The molecule has 3 aliphatic rings. The third kappa shape index (κ3) is 6.30. The number of H-pyrrole nitrogens is 1. The summed E-state index contributed by atoms with van der Waals surface area (Å²) in [5.41, 5.74) is 0.790. The number of hydrogen-bond acceptors (Lipinski definition) is 5. The summed E-state index contributed by atoms with van der Waals surface area (Å²) in [5, 5.41) is 10.9. The molecule has 7 heteroatoms. The summed E-state index contributed by atoms with van der Waals surface area (Å²) in [6.45, 7) is 9.50. The van der Waals surface area contributed by atoms with Gasteiger partial charge in [0.2, 0.25) is 5.91 Å². The summed E-state index contributed by atoms with van der Waals surface area (Å²) in [4.78, 5) is 25.2. The fourth-order valence-electron chi connectivity index (χ4n) is 5.09. The van der Waals surface area contributed by atoms with Crippen LogP contribution in [0, 0.1) is 23.2 Å². The minimum absolute atomic E-state index is 0.235. The zero-order valence-corrected chi connectivity index (χ0v) is 19.3. The number of nitrogens with zero attached hydrogens (tertiary/aromatic N) is 3. The fourth-order valence-corrected chi connectivity index (χ4v) is 5.09. The highest BCUT2D eigenvalue weighted by atomic mass is 16.5. The van der Waals surface area contributed by atoms with Crippen molar-refractivity contribution in [1.29, 1.82) is 0 Å². The average molecular weight is 433 g/mol. The molecule has 1 aliphatic carbocycles. The molecule has 0 radical (unpaired) electrons. The van der Waals surface area contributed by atoms with Gasteiger partial charge < -0.3 is 19.7 Å². The number of carbonyl (C=O) groups excluding carboxylic acids is 1. The number of aliphatic hydroxyl groups excluding tert-OH is 1. The zero-order valence-electron chi connectivity index (χ0n) is 19.3. The van der Waals surface area contributed by atoms with Crippen LogP contribution < -0.4 is 0 Å². The van der Waals surface area contributed by atoms with Gasteiger partial charge in [-0.3, -0.25) is 9.69 Å². The normalized spacial score (nSPS) is 31.4. The van der Waals surface area contributed by atoms with Crippen molar-refractivity contribution in [3.05, 3.63) is 18.2 Å². The highest BCUT2D eigenvalue weighted by molar-refractivity contribution is 5.76. The Bertz CT molecular complexity index is 704. The first kappa shape index (κ1) is 22.7. The Balaban J connectivity index is 1.45. The first-order valence-corrected chi connectivity index (χ1v) is 12.1. The van der Waals surface area contributed by atoms with Crippen LogP contribution in [0.5, 0.6) is 0 Å². The molecule has 3 fully saturated rings. The molecule has 2 N–H and O–H groups in total. The number of aromatic nitrogens is 2. The van der Waals surface area contributed by atoms with Crippen LogP contribution in [0.2, 0.25) is 0 Å². The lowest BCUT2D eigenvalue weighted by molar-refractivity contribution is -0.136. The van der Waals surface area contributed by atoms with Crippen molar-refractivity contribution in [2.24, 2.45) is 23.2 Å². The van der Waals surface area contributed by atoms with Crippen LogP contribution in [0.3, 0.4) is 0 Å². The van der Waals surface area contributed by atoms with Gasteiger partial charge in [-0.2, -0.15) is 0 Å². The van der Waals surface area contributed by atoms with Gasteiger partial charge in [0.15, 0.2) is 0 Å². The molecule has 1 aromatic rings. The van der Waals surface area contributed by atoms with Crippen LogP contribution in [-0.4, -0.2) is 76.3 Å². The smallest absolute Gasteiger partial charge is 0.222 e. The van der Waals surface area contributed by atoms with Gasteiger partial charge in [0.05, 0.1) is 19.0 Å². The lowest BCUT2D eigenvalue weighted by Gasteiger charge is -2.39. The van der Waals surface area contributed by atoms with E-state index < -0.39 is 6.10 Å². The number of nitrogens with one attached hydrogen (secondary N) is 1. The second-order valence-electron chi connectivity index (χ2n) is 10.8. The number of rotatable bonds is 4. The second kappa shape index (κ2) is 10.0. The molecule has 31 heavy (non-hydrogen) atoms. The molecule has 0 bridgehead atoms. The molecule has 2 saturated heterocycles. The van der Waals surface area contributed by atoms with E-state index in [0.717, 1.165) is 57.7 Å². The summed E-state index contributed by atoms with van der Waals surface area (Å²) >= 11 is 0. The van der Waals surface area contributed by atoms with Crippen molar-refractivity contribution in [2.45, 2.75) is 65.0 Å². The molecule has 1 aromatic heterocycles. The van der Waals surface area contributed by atoms with Crippen LogP contribution in [0.4, 0.5) is 0 Å². The van der Waals surface area contributed by atoms with Crippen molar-refractivity contribution in [2.75, 3.05) is 39.4 Å². The number of β-amino-alcohol motifs (C(OH)–C–C–N with tert-alkyl or cyclic N) is 1. The Morgan fingerprint density at radius 2 is 2.06 bits per heavy atom. The number of likely N-dealkylation sites (tertiary alicyclic amines) is 1. The van der Waals surface area contributed by atoms with E-state index in [2.05, 4.69) is 14.9 Å². The molecule has 2 aliphatic heterocycles. The minimum atomic E-state index is -0.567. The average Bonchev–Trinajstić information content (AvgIpc) is 3.40. The number of hydrogen-bond donors (Lipinski definition) is 2. The number of fused-ring (bicyclic) bond motifs is 1. The molecule has 3 heterocycles. The Labute approximate surface area is 186 Å². The molecule has 174 valence electrons. The largest absolute Gasteiger partial charge is 0.391 e. The maximum atomic E-state index is 13.4. The van der Waals surface area contributed by atoms with E-state index in [-0.39, 0.29) is 11.3 Å². The summed E-state index contributed by atoms with van der Waals surface area (Å²) in [6, 6.07) is 0. The van der Waals surface area contributed by atoms with Gasteiger partial charge >= 0.3 is 0 Å². The van der Waals surface area contributed by atoms with E-state index in [1.165, 1.54) is 12.8 Å². The van der Waals surface area contributed by atoms with Crippen molar-refractivity contribution in [1.82, 2.24) is 19.8 Å². The van der Waals surface area contributed by atoms with E-state index in [4.69, 9.17) is 4.74 Å². The van der Waals surface area contributed by atoms with Crippen LogP contribution >= 0.6 is 0 Å². The van der Waals surface area contributed by atoms with E-state index in [9.17, 15) is 9.90 Å². The third-order valence-electron chi connectivity index (χ3n) is 7.52. The number of amides is 1. The number of piperidine rings is 1. The molecule has 1 saturated carbocycles. The molecule has 1 amide bonds. The van der Waals surface area contributed by atoms with Gasteiger partial charge in [0.25, 0.3) is 0 Å². The van der Waals surface area contributed by atoms with Gasteiger partial charge in [-0.25, -0.2) is 4.98 Å². The number of aliphatic hydroxyl groups is 1. The summed E-state index contributed by atoms with van der Waals surface area (Å²) in [5.74, 6) is 1.78. The Hall–Kier alpha value is -1.44. The molecule has 3 atom stereocenters. The molecule has 7 nitrogen and oxygen atoms in total. The highest BCUT2D eigenvalue weighted by Gasteiger charge is 2.37. The Kier molecular flexibility index (Phi) is 7.34. The van der Waals surface area contributed by atoms with E-state index >= 15 is 0 Å². The quantitative estimate of drug-likeness (QED) is 0.765. The molecule has 0 spiro atoms. The van der Waals surface area contributed by atoms with Crippen LogP contribution in [0.1, 0.15) is 58.1 Å². The minimum Gasteiger partial charge on any atom is -0.391 e. The monoisotopic (exact) mass is 432 g/mol. The third-order valence-corrected chi connectivity index (χ3v) is 7.52. The maximum absolute atomic E-state index is 13.4. The first-order chi connectivity index (χ1) is 14.9. The lowest BCUT2D eigenvalue weighted by Crippen LogP contribution is -2.47. The van der Waals surface area contributed by atoms with Crippen molar-refractivity contribution in [3.8, 4) is 0 Å². The van der Waals surface area contributed by atoms with Gasteiger partial charge in [-0.1, -0.05) is 13.8 Å². The topological polar surface area (TPSA) is 81.7 Å². The molecular formula is C24H40N4O3. The predicted octanol–water partition coefficient (Wildman–Crippen LogP) is 2.67. The van der Waals surface area contributed by atoms with Crippen molar-refractivity contribution >= 4 is 5.91 Å².